The van der Waals surface area contributed by atoms with Gasteiger partial charge in [0.2, 0.25) is 5.91 Å². The highest BCUT2D eigenvalue weighted by atomic mass is 32.1. The lowest BCUT2D eigenvalue weighted by atomic mass is 10.2. The molecule has 0 aromatic carbocycles. The quantitative estimate of drug-likeness (QED) is 0.873. The van der Waals surface area contributed by atoms with Crippen LogP contribution in [0.3, 0.4) is 0 Å². The van der Waals surface area contributed by atoms with E-state index in [0.29, 0.717) is 0 Å². The second-order valence-corrected chi connectivity index (χ2v) is 6.69. The molecule has 0 spiro atoms. The number of carbonyl (C=O) groups excluding carboxylic acids is 1. The standard InChI is InChI=1S/C14H16N2OS2/c1-9-4-6-13(19-9)10(2)15-14(17)7-5-12-8-18-11(3)16-12/h4-8,10H,1-3H3,(H,15,17)/b7-5-/t10-/m1/s1. The average molecular weight is 292 g/mol. The zero-order valence-electron chi connectivity index (χ0n) is 11.1. The van der Waals surface area contributed by atoms with E-state index in [2.05, 4.69) is 29.4 Å². The number of carbonyl (C=O) groups is 1. The van der Waals surface area contributed by atoms with Crippen molar-refractivity contribution in [1.29, 1.82) is 0 Å². The summed E-state index contributed by atoms with van der Waals surface area (Å²) in [6.45, 7) is 6.00. The first kappa shape index (κ1) is 14.0. The largest absolute Gasteiger partial charge is 0.345 e. The van der Waals surface area contributed by atoms with Crippen molar-refractivity contribution in [3.05, 3.63) is 44.0 Å². The van der Waals surface area contributed by atoms with Crippen LogP contribution in [-0.2, 0) is 4.79 Å². The number of amides is 1. The number of nitrogens with zero attached hydrogens (tertiary/aromatic N) is 1. The SMILES string of the molecule is Cc1ccc([C@@H](C)NC(=O)/C=C\c2csc(C)n2)s1. The molecule has 2 aromatic rings. The molecule has 5 heteroatoms. The van der Waals surface area contributed by atoms with E-state index in [4.69, 9.17) is 0 Å². The van der Waals surface area contributed by atoms with Gasteiger partial charge in [0.15, 0.2) is 0 Å². The molecule has 2 heterocycles. The van der Waals surface area contributed by atoms with E-state index in [0.717, 1.165) is 10.7 Å². The Morgan fingerprint density at radius 1 is 1.42 bits per heavy atom. The van der Waals surface area contributed by atoms with Gasteiger partial charge in [-0.1, -0.05) is 0 Å². The molecule has 1 atom stereocenters. The Morgan fingerprint density at radius 2 is 2.21 bits per heavy atom. The minimum absolute atomic E-state index is 0.0352. The maximum Gasteiger partial charge on any atom is 0.244 e. The van der Waals surface area contributed by atoms with Gasteiger partial charge in [-0.25, -0.2) is 4.98 Å². The van der Waals surface area contributed by atoms with Crippen molar-refractivity contribution in [3.8, 4) is 0 Å². The Balaban J connectivity index is 1.92. The third kappa shape index (κ3) is 4.01. The molecule has 2 aromatic heterocycles. The van der Waals surface area contributed by atoms with Crippen molar-refractivity contribution in [1.82, 2.24) is 10.3 Å². The molecule has 0 saturated carbocycles. The number of rotatable bonds is 4. The molecule has 2 rings (SSSR count). The van der Waals surface area contributed by atoms with Gasteiger partial charge in [-0.2, -0.15) is 0 Å². The number of hydrogen-bond donors (Lipinski definition) is 1. The lowest BCUT2D eigenvalue weighted by Crippen LogP contribution is -2.23. The van der Waals surface area contributed by atoms with Gasteiger partial charge >= 0.3 is 0 Å². The third-order valence-corrected chi connectivity index (χ3v) is 4.56. The van der Waals surface area contributed by atoms with E-state index in [9.17, 15) is 4.79 Å². The van der Waals surface area contributed by atoms with Crippen molar-refractivity contribution >= 4 is 34.7 Å². The van der Waals surface area contributed by atoms with Crippen LogP contribution in [0.4, 0.5) is 0 Å². The van der Waals surface area contributed by atoms with Crippen LogP contribution < -0.4 is 5.32 Å². The molecule has 0 aliphatic rings. The second-order valence-electron chi connectivity index (χ2n) is 4.30. The fourth-order valence-corrected chi connectivity index (χ4v) is 3.10. The van der Waals surface area contributed by atoms with E-state index < -0.39 is 0 Å². The summed E-state index contributed by atoms with van der Waals surface area (Å²) in [5.41, 5.74) is 0.831. The van der Waals surface area contributed by atoms with Gasteiger partial charge in [-0.15, -0.1) is 22.7 Å². The van der Waals surface area contributed by atoms with Crippen LogP contribution >= 0.6 is 22.7 Å². The minimum Gasteiger partial charge on any atom is -0.345 e. The molecule has 0 radical (unpaired) electrons. The number of hydrogen-bond acceptors (Lipinski definition) is 4. The van der Waals surface area contributed by atoms with Crippen LogP contribution in [0.1, 0.15) is 33.4 Å². The lowest BCUT2D eigenvalue weighted by molar-refractivity contribution is -0.117. The first-order valence-corrected chi connectivity index (χ1v) is 7.71. The molecular formula is C14H16N2OS2. The van der Waals surface area contributed by atoms with Gasteiger partial charge in [-0.05, 0) is 39.0 Å². The number of thiazole rings is 1. The van der Waals surface area contributed by atoms with E-state index in [1.165, 1.54) is 15.8 Å². The Hall–Kier alpha value is -1.46. The lowest BCUT2D eigenvalue weighted by Gasteiger charge is -2.09. The molecule has 0 fully saturated rings. The molecule has 1 amide bonds. The highest BCUT2D eigenvalue weighted by Crippen LogP contribution is 2.22. The number of nitrogens with one attached hydrogen (secondary N) is 1. The summed E-state index contributed by atoms with van der Waals surface area (Å²) in [6, 6.07) is 4.16. The minimum atomic E-state index is -0.0933. The molecule has 0 aliphatic heterocycles. The van der Waals surface area contributed by atoms with Gasteiger partial charge in [0, 0.05) is 21.2 Å². The zero-order valence-corrected chi connectivity index (χ0v) is 12.8. The van der Waals surface area contributed by atoms with Gasteiger partial charge in [0.1, 0.15) is 0 Å². The van der Waals surface area contributed by atoms with Crippen molar-refractivity contribution in [3.63, 3.8) is 0 Å². The van der Waals surface area contributed by atoms with E-state index in [-0.39, 0.29) is 11.9 Å². The fourth-order valence-electron chi connectivity index (χ4n) is 1.64. The molecule has 3 nitrogen and oxygen atoms in total. The van der Waals surface area contributed by atoms with E-state index in [1.54, 1.807) is 28.7 Å². The predicted molar refractivity (Wildman–Crippen MR) is 81.5 cm³/mol. The Labute approximate surface area is 121 Å². The second kappa shape index (κ2) is 6.12. The topological polar surface area (TPSA) is 42.0 Å². The monoisotopic (exact) mass is 292 g/mol. The van der Waals surface area contributed by atoms with Gasteiger partial charge < -0.3 is 5.32 Å². The van der Waals surface area contributed by atoms with Gasteiger partial charge in [0.05, 0.1) is 16.7 Å². The average Bonchev–Trinajstić information content (AvgIpc) is 2.95. The molecule has 100 valence electrons. The maximum absolute atomic E-state index is 11.8. The molecule has 0 saturated heterocycles. The molecular weight excluding hydrogens is 276 g/mol. The number of aryl methyl sites for hydroxylation is 2. The third-order valence-electron chi connectivity index (χ3n) is 2.59. The normalized spacial score (nSPS) is 12.8. The molecule has 1 N–H and O–H groups in total. The van der Waals surface area contributed by atoms with Crippen LogP contribution in [0, 0.1) is 13.8 Å². The summed E-state index contributed by atoms with van der Waals surface area (Å²) in [5, 5.41) is 5.88. The Bertz CT molecular complexity index is 598. The van der Waals surface area contributed by atoms with Gasteiger partial charge in [0.25, 0.3) is 0 Å². The summed E-state index contributed by atoms with van der Waals surface area (Å²) in [4.78, 5) is 18.5. The molecule has 0 aliphatic carbocycles. The van der Waals surface area contributed by atoms with Crippen molar-refractivity contribution < 1.29 is 4.79 Å². The molecule has 0 bridgehead atoms. The first-order valence-electron chi connectivity index (χ1n) is 6.01. The highest BCUT2D eigenvalue weighted by Gasteiger charge is 2.09. The van der Waals surface area contributed by atoms with Crippen molar-refractivity contribution in [2.75, 3.05) is 0 Å². The first-order chi connectivity index (χ1) is 9.04. The molecule has 19 heavy (non-hydrogen) atoms. The van der Waals surface area contributed by atoms with Crippen LogP contribution in [0.2, 0.25) is 0 Å². The van der Waals surface area contributed by atoms with Crippen LogP contribution in [0.15, 0.2) is 23.6 Å². The summed E-state index contributed by atoms with van der Waals surface area (Å²) in [6.07, 6.45) is 3.27. The smallest absolute Gasteiger partial charge is 0.244 e. The van der Waals surface area contributed by atoms with E-state index >= 15 is 0 Å². The summed E-state index contributed by atoms with van der Waals surface area (Å²) in [5.74, 6) is -0.0933. The Kier molecular flexibility index (Phi) is 4.50. The fraction of sp³-hybridized carbons (Fsp3) is 0.286. The highest BCUT2D eigenvalue weighted by molar-refractivity contribution is 7.12. The number of thiophene rings is 1. The summed E-state index contributed by atoms with van der Waals surface area (Å²) < 4.78 is 0. The molecule has 0 unspecified atom stereocenters. The number of aromatic nitrogens is 1. The Morgan fingerprint density at radius 3 is 2.79 bits per heavy atom. The van der Waals surface area contributed by atoms with Crippen LogP contribution in [0.25, 0.3) is 6.08 Å². The summed E-state index contributed by atoms with van der Waals surface area (Å²) >= 11 is 3.28. The van der Waals surface area contributed by atoms with Crippen molar-refractivity contribution in [2.45, 2.75) is 26.8 Å². The zero-order chi connectivity index (χ0) is 13.8. The summed E-state index contributed by atoms with van der Waals surface area (Å²) in [7, 11) is 0. The van der Waals surface area contributed by atoms with Gasteiger partial charge in [-0.3, -0.25) is 4.79 Å². The van der Waals surface area contributed by atoms with Crippen molar-refractivity contribution in [2.24, 2.45) is 0 Å². The van der Waals surface area contributed by atoms with E-state index in [1.807, 2.05) is 19.2 Å². The van der Waals surface area contributed by atoms with Crippen LogP contribution in [0.5, 0.6) is 0 Å². The predicted octanol–water partition coefficient (Wildman–Crippen LogP) is 3.71. The maximum atomic E-state index is 11.8. The van der Waals surface area contributed by atoms with Crippen LogP contribution in [-0.4, -0.2) is 10.9 Å².